The highest BCUT2D eigenvalue weighted by atomic mass is 16.5. The van der Waals surface area contributed by atoms with E-state index in [2.05, 4.69) is 35.2 Å². The zero-order valence-corrected chi connectivity index (χ0v) is 13.6. The van der Waals surface area contributed by atoms with Gasteiger partial charge in [-0.05, 0) is 32.3 Å². The zero-order chi connectivity index (χ0) is 15.6. The number of likely N-dealkylation sites (N-methyl/N-ethyl adjacent to an activating group) is 1. The van der Waals surface area contributed by atoms with Crippen molar-refractivity contribution in [1.82, 2.24) is 9.80 Å². The number of hydrogen-bond acceptors (Lipinski definition) is 3. The Hall–Kier alpha value is -1.39. The third-order valence-electron chi connectivity index (χ3n) is 4.96. The van der Waals surface area contributed by atoms with Gasteiger partial charge < -0.3 is 9.64 Å². The first-order chi connectivity index (χ1) is 10.6. The molecule has 3 rings (SSSR count). The van der Waals surface area contributed by atoms with E-state index >= 15 is 0 Å². The average molecular weight is 302 g/mol. The van der Waals surface area contributed by atoms with Crippen molar-refractivity contribution < 1.29 is 9.53 Å². The van der Waals surface area contributed by atoms with E-state index < -0.39 is 0 Å². The van der Waals surface area contributed by atoms with E-state index in [9.17, 15) is 4.79 Å². The van der Waals surface area contributed by atoms with Gasteiger partial charge in [0.15, 0.2) is 0 Å². The van der Waals surface area contributed by atoms with E-state index in [1.807, 2.05) is 18.7 Å². The summed E-state index contributed by atoms with van der Waals surface area (Å²) in [6, 6.07) is 10.6. The molecule has 1 atom stereocenters. The molecule has 120 valence electrons. The summed E-state index contributed by atoms with van der Waals surface area (Å²) in [7, 11) is 0. The Morgan fingerprint density at radius 3 is 2.55 bits per heavy atom. The van der Waals surface area contributed by atoms with Gasteiger partial charge in [-0.3, -0.25) is 9.69 Å². The highest BCUT2D eigenvalue weighted by molar-refractivity contribution is 5.81. The molecule has 22 heavy (non-hydrogen) atoms. The van der Waals surface area contributed by atoms with Crippen LogP contribution in [0.1, 0.15) is 32.3 Å². The van der Waals surface area contributed by atoms with Gasteiger partial charge in [0.05, 0.1) is 5.60 Å². The van der Waals surface area contributed by atoms with Crippen LogP contribution in [-0.2, 0) is 16.1 Å². The van der Waals surface area contributed by atoms with Crippen LogP contribution in [0.5, 0.6) is 0 Å². The quantitative estimate of drug-likeness (QED) is 0.859. The highest BCUT2D eigenvalue weighted by Crippen LogP contribution is 2.33. The van der Waals surface area contributed by atoms with Crippen LogP contribution in [0.15, 0.2) is 30.3 Å². The number of morpholine rings is 1. The third kappa shape index (κ3) is 3.18. The molecular weight excluding hydrogens is 276 g/mol. The number of likely N-dealkylation sites (tertiary alicyclic amines) is 1. The summed E-state index contributed by atoms with van der Waals surface area (Å²) in [5, 5.41) is 0. The molecule has 0 radical (unpaired) electrons. The maximum atomic E-state index is 12.1. The molecule has 2 saturated heterocycles. The van der Waals surface area contributed by atoms with Gasteiger partial charge in [-0.2, -0.15) is 0 Å². The van der Waals surface area contributed by atoms with E-state index in [4.69, 9.17) is 4.74 Å². The van der Waals surface area contributed by atoms with Gasteiger partial charge in [-0.25, -0.2) is 0 Å². The second-order valence-electron chi connectivity index (χ2n) is 6.56. The summed E-state index contributed by atoms with van der Waals surface area (Å²) in [5.74, 6) is 0.139. The molecule has 0 unspecified atom stereocenters. The summed E-state index contributed by atoms with van der Waals surface area (Å²) >= 11 is 0. The SMILES string of the molecule is CCN1CC2(CCN(Cc3ccccc3)CC2)O[C@@H](C)C1=O. The van der Waals surface area contributed by atoms with Crippen molar-refractivity contribution in [2.45, 2.75) is 44.9 Å². The van der Waals surface area contributed by atoms with Crippen LogP contribution in [0.2, 0.25) is 0 Å². The number of carbonyl (C=O) groups excluding carboxylic acids is 1. The number of nitrogens with zero attached hydrogens (tertiary/aromatic N) is 2. The van der Waals surface area contributed by atoms with Crippen LogP contribution in [0.3, 0.4) is 0 Å². The largest absolute Gasteiger partial charge is 0.360 e. The minimum atomic E-state index is -0.297. The number of rotatable bonds is 3. The minimum Gasteiger partial charge on any atom is -0.360 e. The minimum absolute atomic E-state index is 0.128. The van der Waals surface area contributed by atoms with Gasteiger partial charge in [-0.15, -0.1) is 0 Å². The lowest BCUT2D eigenvalue weighted by Crippen LogP contribution is -2.61. The lowest BCUT2D eigenvalue weighted by Gasteiger charge is -2.49. The number of piperidine rings is 1. The summed E-state index contributed by atoms with van der Waals surface area (Å²) in [6.45, 7) is 8.55. The maximum Gasteiger partial charge on any atom is 0.251 e. The monoisotopic (exact) mass is 302 g/mol. The van der Waals surface area contributed by atoms with Crippen molar-refractivity contribution in [3.05, 3.63) is 35.9 Å². The Kier molecular flexibility index (Phi) is 4.50. The number of hydrogen-bond donors (Lipinski definition) is 0. The van der Waals surface area contributed by atoms with Crippen molar-refractivity contribution in [1.29, 1.82) is 0 Å². The first-order valence-corrected chi connectivity index (χ1v) is 8.35. The average Bonchev–Trinajstić information content (AvgIpc) is 2.54. The van der Waals surface area contributed by atoms with E-state index in [1.54, 1.807) is 0 Å². The molecule has 0 N–H and O–H groups in total. The summed E-state index contributed by atoms with van der Waals surface area (Å²) < 4.78 is 6.14. The fourth-order valence-corrected chi connectivity index (χ4v) is 3.65. The molecule has 1 aromatic rings. The number of amides is 1. The first-order valence-electron chi connectivity index (χ1n) is 8.35. The molecule has 1 amide bonds. The Morgan fingerprint density at radius 1 is 1.23 bits per heavy atom. The smallest absolute Gasteiger partial charge is 0.251 e. The van der Waals surface area contributed by atoms with Crippen molar-refractivity contribution in [3.8, 4) is 0 Å². The fraction of sp³-hybridized carbons (Fsp3) is 0.611. The van der Waals surface area contributed by atoms with E-state index in [-0.39, 0.29) is 17.6 Å². The van der Waals surface area contributed by atoms with Crippen molar-refractivity contribution in [2.24, 2.45) is 0 Å². The van der Waals surface area contributed by atoms with Crippen molar-refractivity contribution >= 4 is 5.91 Å². The molecule has 2 heterocycles. The Balaban J connectivity index is 1.60. The normalized spacial score (nSPS) is 25.6. The molecule has 1 spiro atoms. The standard InChI is InChI=1S/C18H26N2O2/c1-3-20-14-18(22-15(2)17(20)21)9-11-19(12-10-18)13-16-7-5-4-6-8-16/h4-8,15H,3,9-14H2,1-2H3/t15-/m0/s1. The van der Waals surface area contributed by atoms with E-state index in [0.717, 1.165) is 45.6 Å². The second-order valence-corrected chi connectivity index (χ2v) is 6.56. The predicted octanol–water partition coefficient (Wildman–Crippen LogP) is 2.29. The van der Waals surface area contributed by atoms with Gasteiger partial charge in [-0.1, -0.05) is 30.3 Å². The van der Waals surface area contributed by atoms with Crippen LogP contribution in [0, 0.1) is 0 Å². The predicted molar refractivity (Wildman–Crippen MR) is 86.5 cm³/mol. The van der Waals surface area contributed by atoms with Gasteiger partial charge >= 0.3 is 0 Å². The molecule has 4 heteroatoms. The molecule has 4 nitrogen and oxygen atoms in total. The lowest BCUT2D eigenvalue weighted by molar-refractivity contribution is -0.189. The maximum absolute atomic E-state index is 12.1. The molecule has 2 aliphatic heterocycles. The molecule has 1 aromatic carbocycles. The Bertz CT molecular complexity index is 509. The van der Waals surface area contributed by atoms with Crippen LogP contribution in [-0.4, -0.2) is 53.6 Å². The Morgan fingerprint density at radius 2 is 1.91 bits per heavy atom. The summed E-state index contributed by atoms with van der Waals surface area (Å²) in [6.07, 6.45) is 1.72. The number of ether oxygens (including phenoxy) is 1. The highest BCUT2D eigenvalue weighted by Gasteiger charge is 2.44. The first kappa shape index (κ1) is 15.5. The molecule has 2 aliphatic rings. The fourth-order valence-electron chi connectivity index (χ4n) is 3.65. The topological polar surface area (TPSA) is 32.8 Å². The van der Waals surface area contributed by atoms with E-state index in [0.29, 0.717) is 0 Å². The molecular formula is C18H26N2O2. The molecule has 0 aliphatic carbocycles. The number of carbonyl (C=O) groups is 1. The molecule has 0 aromatic heterocycles. The van der Waals surface area contributed by atoms with Gasteiger partial charge in [0.1, 0.15) is 6.10 Å². The summed E-state index contributed by atoms with van der Waals surface area (Å²) in [4.78, 5) is 16.5. The lowest BCUT2D eigenvalue weighted by atomic mass is 9.88. The molecule has 0 bridgehead atoms. The third-order valence-corrected chi connectivity index (χ3v) is 4.96. The van der Waals surface area contributed by atoms with Crippen LogP contribution in [0.4, 0.5) is 0 Å². The second kappa shape index (κ2) is 6.39. The zero-order valence-electron chi connectivity index (χ0n) is 13.6. The summed E-state index contributed by atoms with van der Waals surface area (Å²) in [5.41, 5.74) is 1.23. The van der Waals surface area contributed by atoms with Gasteiger partial charge in [0, 0.05) is 32.7 Å². The van der Waals surface area contributed by atoms with E-state index in [1.165, 1.54) is 5.56 Å². The van der Waals surface area contributed by atoms with Crippen LogP contribution < -0.4 is 0 Å². The Labute approximate surface area is 133 Å². The molecule has 2 fully saturated rings. The van der Waals surface area contributed by atoms with Crippen molar-refractivity contribution in [2.75, 3.05) is 26.2 Å². The number of benzene rings is 1. The van der Waals surface area contributed by atoms with Crippen molar-refractivity contribution in [3.63, 3.8) is 0 Å². The van der Waals surface area contributed by atoms with Gasteiger partial charge in [0.2, 0.25) is 0 Å². The van der Waals surface area contributed by atoms with Gasteiger partial charge in [0.25, 0.3) is 5.91 Å². The molecule has 0 saturated carbocycles. The van der Waals surface area contributed by atoms with Crippen LogP contribution in [0.25, 0.3) is 0 Å². The van der Waals surface area contributed by atoms with Crippen LogP contribution >= 0.6 is 0 Å².